The lowest BCUT2D eigenvalue weighted by molar-refractivity contribution is 0.0910. The predicted molar refractivity (Wildman–Crippen MR) is 165 cm³/mol. The summed E-state index contributed by atoms with van der Waals surface area (Å²) in [7, 11) is 0. The van der Waals surface area contributed by atoms with Gasteiger partial charge in [0.1, 0.15) is 5.76 Å². The summed E-state index contributed by atoms with van der Waals surface area (Å²) in [6.07, 6.45) is 0. The van der Waals surface area contributed by atoms with Gasteiger partial charge in [-0.25, -0.2) is 0 Å². The topological polar surface area (TPSA) is 45.5 Å². The summed E-state index contributed by atoms with van der Waals surface area (Å²) < 4.78 is 6.13. The number of benzene rings is 4. The highest BCUT2D eigenvalue weighted by Gasteiger charge is 2.21. The molecule has 1 aromatic heterocycles. The molecule has 4 heteroatoms. The molecular weight excluding hydrogens is 504 g/mol. The molecular formula is C37H38N2O2. The highest BCUT2D eigenvalue weighted by atomic mass is 16.4. The SMILES string of the molecule is CC(C)(C)c1ccc(CN(Cc2ccccc2)Cc2ccc(C(=O)NC(c3ccccc3)c3ccccc3)o2)cc1. The zero-order valence-electron chi connectivity index (χ0n) is 24.1. The summed E-state index contributed by atoms with van der Waals surface area (Å²) in [5.74, 6) is 0.834. The number of carbonyl (C=O) groups is 1. The van der Waals surface area contributed by atoms with Crippen molar-refractivity contribution in [2.75, 3.05) is 0 Å². The van der Waals surface area contributed by atoms with E-state index in [1.54, 1.807) is 6.07 Å². The first-order valence-electron chi connectivity index (χ1n) is 14.2. The first kappa shape index (κ1) is 28.1. The van der Waals surface area contributed by atoms with Crippen LogP contribution in [0.2, 0.25) is 0 Å². The van der Waals surface area contributed by atoms with E-state index in [1.807, 2.05) is 72.8 Å². The molecule has 4 aromatic carbocycles. The summed E-state index contributed by atoms with van der Waals surface area (Å²) in [4.78, 5) is 15.7. The third kappa shape index (κ3) is 7.62. The fourth-order valence-corrected chi connectivity index (χ4v) is 5.04. The van der Waals surface area contributed by atoms with Gasteiger partial charge in [0.2, 0.25) is 0 Å². The lowest BCUT2D eigenvalue weighted by atomic mass is 9.87. The van der Waals surface area contributed by atoms with Crippen molar-refractivity contribution in [1.82, 2.24) is 10.2 Å². The summed E-state index contributed by atoms with van der Waals surface area (Å²) in [6, 6.07) is 42.8. The summed E-state index contributed by atoms with van der Waals surface area (Å²) in [6.45, 7) is 8.83. The molecule has 4 nitrogen and oxygen atoms in total. The maximum Gasteiger partial charge on any atom is 0.287 e. The van der Waals surface area contributed by atoms with Crippen LogP contribution >= 0.6 is 0 Å². The fourth-order valence-electron chi connectivity index (χ4n) is 5.04. The molecule has 0 fully saturated rings. The van der Waals surface area contributed by atoms with Crippen molar-refractivity contribution in [3.63, 3.8) is 0 Å². The Labute approximate surface area is 243 Å². The number of amides is 1. The van der Waals surface area contributed by atoms with E-state index in [0.29, 0.717) is 12.3 Å². The molecule has 5 aromatic rings. The number of hydrogen-bond acceptors (Lipinski definition) is 3. The van der Waals surface area contributed by atoms with Crippen molar-refractivity contribution >= 4 is 5.91 Å². The third-order valence-electron chi connectivity index (χ3n) is 7.28. The molecule has 208 valence electrons. The molecule has 1 heterocycles. The van der Waals surface area contributed by atoms with Crippen molar-refractivity contribution in [3.05, 3.63) is 167 Å². The lowest BCUT2D eigenvalue weighted by Gasteiger charge is -2.23. The Kier molecular flexibility index (Phi) is 8.81. The molecule has 0 aliphatic heterocycles. The number of rotatable bonds is 10. The molecule has 0 aliphatic rings. The van der Waals surface area contributed by atoms with Gasteiger partial charge in [0, 0.05) is 13.1 Å². The van der Waals surface area contributed by atoms with E-state index in [1.165, 1.54) is 16.7 Å². The zero-order valence-corrected chi connectivity index (χ0v) is 24.1. The molecule has 0 aliphatic carbocycles. The van der Waals surface area contributed by atoms with Gasteiger partial charge in [-0.15, -0.1) is 0 Å². The number of carbonyl (C=O) groups excluding carboxylic acids is 1. The second-order valence-corrected chi connectivity index (χ2v) is 11.6. The average molecular weight is 543 g/mol. The third-order valence-corrected chi connectivity index (χ3v) is 7.28. The number of furan rings is 1. The van der Waals surface area contributed by atoms with Crippen molar-refractivity contribution < 1.29 is 9.21 Å². The molecule has 0 unspecified atom stereocenters. The summed E-state index contributed by atoms with van der Waals surface area (Å²) in [5, 5.41) is 3.18. The van der Waals surface area contributed by atoms with Crippen LogP contribution in [0, 0.1) is 0 Å². The maximum absolute atomic E-state index is 13.4. The van der Waals surface area contributed by atoms with Crippen molar-refractivity contribution in [2.24, 2.45) is 0 Å². The lowest BCUT2D eigenvalue weighted by Crippen LogP contribution is -2.29. The minimum atomic E-state index is -0.274. The zero-order chi connectivity index (χ0) is 28.7. The Morgan fingerprint density at radius 3 is 1.71 bits per heavy atom. The second-order valence-electron chi connectivity index (χ2n) is 11.6. The monoisotopic (exact) mass is 542 g/mol. The van der Waals surface area contributed by atoms with E-state index in [0.717, 1.165) is 30.0 Å². The van der Waals surface area contributed by atoms with E-state index >= 15 is 0 Å². The Balaban J connectivity index is 1.32. The van der Waals surface area contributed by atoms with Crippen molar-refractivity contribution in [3.8, 4) is 0 Å². The first-order chi connectivity index (χ1) is 19.8. The second kappa shape index (κ2) is 12.8. The summed E-state index contributed by atoms with van der Waals surface area (Å²) in [5.41, 5.74) is 5.95. The van der Waals surface area contributed by atoms with E-state index in [4.69, 9.17) is 4.42 Å². The minimum absolute atomic E-state index is 0.118. The van der Waals surface area contributed by atoms with Gasteiger partial charge >= 0.3 is 0 Å². The standard InChI is InChI=1S/C37H38N2O2/c1-37(2,3)32-21-19-29(20-22-32)26-39(25-28-13-7-4-8-14-28)27-33-23-24-34(41-33)36(40)38-35(30-15-9-5-10-16-30)31-17-11-6-12-18-31/h4-24,35H,25-27H2,1-3H3,(H,38,40). The highest BCUT2D eigenvalue weighted by Crippen LogP contribution is 2.25. The average Bonchev–Trinajstić information content (AvgIpc) is 3.46. The number of hydrogen-bond donors (Lipinski definition) is 1. The first-order valence-corrected chi connectivity index (χ1v) is 14.2. The fraction of sp³-hybridized carbons (Fsp3) is 0.216. The van der Waals surface area contributed by atoms with Crippen LogP contribution in [0.15, 0.2) is 132 Å². The van der Waals surface area contributed by atoms with Gasteiger partial charge in [-0.2, -0.15) is 0 Å². The van der Waals surface area contributed by atoms with Crippen molar-refractivity contribution in [2.45, 2.75) is 51.9 Å². The van der Waals surface area contributed by atoms with Crippen LogP contribution in [0.4, 0.5) is 0 Å². The van der Waals surface area contributed by atoms with Crippen LogP contribution in [0.1, 0.15) is 70.9 Å². The van der Waals surface area contributed by atoms with Crippen LogP contribution in [-0.4, -0.2) is 10.8 Å². The molecule has 0 atom stereocenters. The molecule has 1 amide bonds. The summed E-state index contributed by atoms with van der Waals surface area (Å²) >= 11 is 0. The Morgan fingerprint density at radius 1 is 0.659 bits per heavy atom. The Morgan fingerprint density at radius 2 is 1.17 bits per heavy atom. The maximum atomic E-state index is 13.4. The molecule has 0 saturated carbocycles. The Hall–Kier alpha value is -4.41. The minimum Gasteiger partial charge on any atom is -0.455 e. The number of nitrogens with one attached hydrogen (secondary N) is 1. The quantitative estimate of drug-likeness (QED) is 0.193. The van der Waals surface area contributed by atoms with Crippen LogP contribution in [0.3, 0.4) is 0 Å². The van der Waals surface area contributed by atoms with E-state index in [9.17, 15) is 4.79 Å². The number of nitrogens with zero attached hydrogens (tertiary/aromatic N) is 1. The van der Waals surface area contributed by atoms with E-state index < -0.39 is 0 Å². The van der Waals surface area contributed by atoms with Gasteiger partial charge in [0.05, 0.1) is 12.6 Å². The van der Waals surface area contributed by atoms with E-state index in [2.05, 4.69) is 79.5 Å². The highest BCUT2D eigenvalue weighted by molar-refractivity contribution is 5.92. The van der Waals surface area contributed by atoms with Crippen molar-refractivity contribution in [1.29, 1.82) is 0 Å². The predicted octanol–water partition coefficient (Wildman–Crippen LogP) is 8.30. The van der Waals surface area contributed by atoms with Crippen LogP contribution in [0.5, 0.6) is 0 Å². The largest absolute Gasteiger partial charge is 0.455 e. The van der Waals surface area contributed by atoms with Crippen LogP contribution in [0.25, 0.3) is 0 Å². The molecule has 0 radical (unpaired) electrons. The van der Waals surface area contributed by atoms with Gasteiger partial charge in [0.15, 0.2) is 5.76 Å². The van der Waals surface area contributed by atoms with Crippen LogP contribution < -0.4 is 5.32 Å². The molecule has 0 bridgehead atoms. The molecule has 41 heavy (non-hydrogen) atoms. The Bertz CT molecular complexity index is 1480. The smallest absolute Gasteiger partial charge is 0.287 e. The molecule has 0 saturated heterocycles. The van der Waals surface area contributed by atoms with E-state index in [-0.39, 0.29) is 17.4 Å². The van der Waals surface area contributed by atoms with Gasteiger partial charge in [-0.3, -0.25) is 9.69 Å². The van der Waals surface area contributed by atoms with Gasteiger partial charge < -0.3 is 9.73 Å². The van der Waals surface area contributed by atoms with Gasteiger partial charge in [0.25, 0.3) is 5.91 Å². The molecule has 0 spiro atoms. The molecule has 5 rings (SSSR count). The van der Waals surface area contributed by atoms with Crippen LogP contribution in [-0.2, 0) is 25.0 Å². The molecule has 1 N–H and O–H groups in total. The van der Waals surface area contributed by atoms with Gasteiger partial charge in [-0.05, 0) is 45.4 Å². The van der Waals surface area contributed by atoms with Gasteiger partial charge in [-0.1, -0.05) is 136 Å². The normalized spacial score (nSPS) is 11.6.